The standard InChI is InChI=1S/C17H16F2N2O3/c18-17(19)24-12-5-3-11(4-6-12)10-20-16(23)14-7-8-15(22)13-2-1-9-21(13)14/h1-6,9,14,17H,7-8,10H2,(H,20,23). The monoisotopic (exact) mass is 334 g/mol. The van der Waals surface area contributed by atoms with E-state index < -0.39 is 12.7 Å². The van der Waals surface area contributed by atoms with Crippen LogP contribution >= 0.6 is 0 Å². The summed E-state index contributed by atoms with van der Waals surface area (Å²) in [5.41, 5.74) is 1.32. The number of rotatable bonds is 5. The van der Waals surface area contributed by atoms with Crippen molar-refractivity contribution in [1.82, 2.24) is 9.88 Å². The SMILES string of the molecule is O=C1CCC(C(=O)NCc2ccc(OC(F)F)cc2)n2cccc21. The Morgan fingerprint density at radius 1 is 1.29 bits per heavy atom. The summed E-state index contributed by atoms with van der Waals surface area (Å²) in [6.07, 6.45) is 2.54. The predicted molar refractivity (Wildman–Crippen MR) is 82.0 cm³/mol. The van der Waals surface area contributed by atoms with Gasteiger partial charge in [-0.2, -0.15) is 8.78 Å². The number of amides is 1. The van der Waals surface area contributed by atoms with E-state index in [0.717, 1.165) is 5.56 Å². The van der Waals surface area contributed by atoms with Gasteiger partial charge in [0.1, 0.15) is 11.8 Å². The third-order valence-electron chi connectivity index (χ3n) is 3.96. The molecule has 5 nitrogen and oxygen atoms in total. The molecule has 2 heterocycles. The van der Waals surface area contributed by atoms with Gasteiger partial charge >= 0.3 is 6.61 Å². The summed E-state index contributed by atoms with van der Waals surface area (Å²) in [5, 5.41) is 2.81. The summed E-state index contributed by atoms with van der Waals surface area (Å²) >= 11 is 0. The van der Waals surface area contributed by atoms with Gasteiger partial charge in [0.25, 0.3) is 0 Å². The summed E-state index contributed by atoms with van der Waals surface area (Å²) in [7, 11) is 0. The number of ether oxygens (including phenoxy) is 1. The number of carbonyl (C=O) groups is 2. The third-order valence-corrected chi connectivity index (χ3v) is 3.96. The number of hydrogen-bond acceptors (Lipinski definition) is 3. The van der Waals surface area contributed by atoms with Crippen LogP contribution in [0.4, 0.5) is 8.78 Å². The van der Waals surface area contributed by atoms with E-state index in [9.17, 15) is 18.4 Å². The molecule has 1 amide bonds. The Labute approximate surface area is 137 Å². The molecule has 0 aliphatic carbocycles. The van der Waals surface area contributed by atoms with Gasteiger partial charge in [-0.15, -0.1) is 0 Å². The van der Waals surface area contributed by atoms with E-state index in [1.807, 2.05) is 0 Å². The van der Waals surface area contributed by atoms with Gasteiger partial charge in [-0.1, -0.05) is 12.1 Å². The van der Waals surface area contributed by atoms with Gasteiger partial charge in [0.05, 0.1) is 5.69 Å². The molecule has 1 aliphatic rings. The fourth-order valence-corrected chi connectivity index (χ4v) is 2.79. The van der Waals surface area contributed by atoms with Crippen LogP contribution in [0, 0.1) is 0 Å². The molecular weight excluding hydrogens is 318 g/mol. The lowest BCUT2D eigenvalue weighted by Crippen LogP contribution is -2.35. The van der Waals surface area contributed by atoms with Crippen molar-refractivity contribution >= 4 is 11.7 Å². The van der Waals surface area contributed by atoms with Gasteiger partial charge in [-0.05, 0) is 36.2 Å². The number of hydrogen-bond donors (Lipinski definition) is 1. The van der Waals surface area contributed by atoms with E-state index in [4.69, 9.17) is 0 Å². The highest BCUT2D eigenvalue weighted by Crippen LogP contribution is 2.25. The predicted octanol–water partition coefficient (Wildman–Crippen LogP) is 2.92. The van der Waals surface area contributed by atoms with E-state index in [-0.39, 0.29) is 24.0 Å². The van der Waals surface area contributed by atoms with Gasteiger partial charge in [0.15, 0.2) is 5.78 Å². The molecule has 1 aliphatic heterocycles. The van der Waals surface area contributed by atoms with Crippen molar-refractivity contribution in [2.75, 3.05) is 0 Å². The van der Waals surface area contributed by atoms with Gasteiger partial charge in [-0.3, -0.25) is 9.59 Å². The molecule has 0 saturated heterocycles. The number of aromatic nitrogens is 1. The number of nitrogens with one attached hydrogen (secondary N) is 1. The summed E-state index contributed by atoms with van der Waals surface area (Å²) in [6, 6.07) is 9.14. The van der Waals surface area contributed by atoms with Crippen LogP contribution < -0.4 is 10.1 Å². The molecule has 24 heavy (non-hydrogen) atoms. The molecule has 1 aromatic carbocycles. The Hall–Kier alpha value is -2.70. The van der Waals surface area contributed by atoms with Gasteiger partial charge in [0.2, 0.25) is 5.91 Å². The number of ketones is 1. The summed E-state index contributed by atoms with van der Waals surface area (Å²) in [5.74, 6) is -0.0608. The van der Waals surface area contributed by atoms with Crippen LogP contribution in [-0.4, -0.2) is 22.9 Å². The summed E-state index contributed by atoms with van der Waals surface area (Å²) < 4.78 is 30.2. The van der Waals surface area contributed by atoms with Crippen LogP contribution in [-0.2, 0) is 11.3 Å². The van der Waals surface area contributed by atoms with Crippen molar-refractivity contribution in [3.63, 3.8) is 0 Å². The molecule has 1 unspecified atom stereocenters. The number of nitrogens with zero attached hydrogens (tertiary/aromatic N) is 1. The minimum absolute atomic E-state index is 0.0404. The number of fused-ring (bicyclic) bond motifs is 1. The molecule has 1 N–H and O–H groups in total. The number of carbonyl (C=O) groups excluding carboxylic acids is 2. The van der Waals surface area contributed by atoms with E-state index >= 15 is 0 Å². The van der Waals surface area contributed by atoms with Crippen LogP contribution in [0.3, 0.4) is 0 Å². The van der Waals surface area contributed by atoms with Gasteiger partial charge < -0.3 is 14.6 Å². The van der Waals surface area contributed by atoms with Gasteiger partial charge in [-0.25, -0.2) is 0 Å². The van der Waals surface area contributed by atoms with Crippen molar-refractivity contribution in [1.29, 1.82) is 0 Å². The molecular formula is C17H16F2N2O3. The Bertz CT molecular complexity index is 741. The number of Topliss-reactive ketones (excluding diaryl/α,β-unsaturated/α-hetero) is 1. The van der Waals surface area contributed by atoms with E-state index in [2.05, 4.69) is 10.1 Å². The first-order valence-corrected chi connectivity index (χ1v) is 7.56. The first kappa shape index (κ1) is 16.2. The van der Waals surface area contributed by atoms with Crippen molar-refractivity contribution < 1.29 is 23.1 Å². The maximum atomic E-state index is 12.4. The lowest BCUT2D eigenvalue weighted by atomic mass is 10.0. The van der Waals surface area contributed by atoms with Crippen molar-refractivity contribution in [3.8, 4) is 5.75 Å². The van der Waals surface area contributed by atoms with Crippen molar-refractivity contribution in [2.45, 2.75) is 32.0 Å². The van der Waals surface area contributed by atoms with E-state index in [0.29, 0.717) is 18.5 Å². The fourth-order valence-electron chi connectivity index (χ4n) is 2.79. The first-order chi connectivity index (χ1) is 11.5. The number of halogens is 2. The molecule has 0 saturated carbocycles. The Balaban J connectivity index is 1.60. The topological polar surface area (TPSA) is 60.3 Å². The largest absolute Gasteiger partial charge is 0.435 e. The molecule has 0 bridgehead atoms. The van der Waals surface area contributed by atoms with E-state index in [1.54, 1.807) is 35.0 Å². The highest BCUT2D eigenvalue weighted by Gasteiger charge is 2.29. The molecule has 0 radical (unpaired) electrons. The molecule has 0 spiro atoms. The molecule has 7 heteroatoms. The molecule has 126 valence electrons. The summed E-state index contributed by atoms with van der Waals surface area (Å²) in [4.78, 5) is 24.2. The van der Waals surface area contributed by atoms with Crippen LogP contribution in [0.1, 0.15) is 34.9 Å². The van der Waals surface area contributed by atoms with Crippen molar-refractivity contribution in [2.24, 2.45) is 0 Å². The highest BCUT2D eigenvalue weighted by molar-refractivity contribution is 5.97. The average molecular weight is 334 g/mol. The van der Waals surface area contributed by atoms with Crippen LogP contribution in [0.2, 0.25) is 0 Å². The zero-order valence-electron chi connectivity index (χ0n) is 12.7. The normalized spacial score (nSPS) is 16.8. The second-order valence-corrected chi connectivity index (χ2v) is 5.52. The summed E-state index contributed by atoms with van der Waals surface area (Å²) in [6.45, 7) is -2.59. The van der Waals surface area contributed by atoms with Crippen LogP contribution in [0.25, 0.3) is 0 Å². The Kier molecular flexibility index (Phi) is 4.59. The average Bonchev–Trinajstić information content (AvgIpc) is 3.04. The minimum Gasteiger partial charge on any atom is -0.435 e. The van der Waals surface area contributed by atoms with E-state index in [1.165, 1.54) is 12.1 Å². The second kappa shape index (κ2) is 6.82. The van der Waals surface area contributed by atoms with Crippen LogP contribution in [0.15, 0.2) is 42.6 Å². The number of benzene rings is 1. The molecule has 3 rings (SSSR count). The molecule has 1 aromatic heterocycles. The molecule has 1 atom stereocenters. The Morgan fingerprint density at radius 3 is 2.75 bits per heavy atom. The second-order valence-electron chi connectivity index (χ2n) is 5.52. The lowest BCUT2D eigenvalue weighted by Gasteiger charge is -2.24. The lowest BCUT2D eigenvalue weighted by molar-refractivity contribution is -0.124. The maximum Gasteiger partial charge on any atom is 0.387 e. The zero-order chi connectivity index (χ0) is 17.1. The minimum atomic E-state index is -2.86. The highest BCUT2D eigenvalue weighted by atomic mass is 19.3. The zero-order valence-corrected chi connectivity index (χ0v) is 12.7. The maximum absolute atomic E-state index is 12.4. The fraction of sp³-hybridized carbons (Fsp3) is 0.294. The quantitative estimate of drug-likeness (QED) is 0.914. The number of alkyl halides is 2. The molecule has 0 fully saturated rings. The third kappa shape index (κ3) is 3.45. The van der Waals surface area contributed by atoms with Crippen LogP contribution in [0.5, 0.6) is 5.75 Å². The smallest absolute Gasteiger partial charge is 0.387 e. The van der Waals surface area contributed by atoms with Crippen molar-refractivity contribution in [3.05, 3.63) is 53.9 Å². The first-order valence-electron chi connectivity index (χ1n) is 7.56. The molecule has 2 aromatic rings. The Morgan fingerprint density at radius 2 is 2.04 bits per heavy atom. The van der Waals surface area contributed by atoms with Gasteiger partial charge in [0, 0.05) is 19.2 Å².